The van der Waals surface area contributed by atoms with Crippen LogP contribution in [0.1, 0.15) is 64.0 Å². The van der Waals surface area contributed by atoms with Gasteiger partial charge >= 0.3 is 6.09 Å². The quantitative estimate of drug-likeness (QED) is 0.792. The number of hydrogen-bond acceptors (Lipinski definition) is 3. The molecule has 0 radical (unpaired) electrons. The van der Waals surface area contributed by atoms with Gasteiger partial charge in [0.15, 0.2) is 0 Å². The lowest BCUT2D eigenvalue weighted by atomic mass is 9.79. The molecule has 2 amide bonds. The monoisotopic (exact) mass is 358 g/mol. The van der Waals surface area contributed by atoms with Gasteiger partial charge < -0.3 is 15.4 Å². The van der Waals surface area contributed by atoms with E-state index in [2.05, 4.69) is 34.9 Å². The van der Waals surface area contributed by atoms with Crippen molar-refractivity contribution in [1.29, 1.82) is 0 Å². The lowest BCUT2D eigenvalue weighted by molar-refractivity contribution is -0.121. The highest BCUT2D eigenvalue weighted by Crippen LogP contribution is 2.55. The summed E-state index contributed by atoms with van der Waals surface area (Å²) in [4.78, 5) is 23.8. The van der Waals surface area contributed by atoms with Crippen molar-refractivity contribution in [3.05, 3.63) is 35.4 Å². The molecule has 26 heavy (non-hydrogen) atoms. The number of alkyl carbamates (subject to hydrolysis) is 1. The van der Waals surface area contributed by atoms with E-state index in [1.165, 1.54) is 17.5 Å². The van der Waals surface area contributed by atoms with Gasteiger partial charge in [-0.05, 0) is 64.0 Å². The maximum Gasteiger partial charge on any atom is 0.407 e. The van der Waals surface area contributed by atoms with Crippen LogP contribution in [0.15, 0.2) is 24.3 Å². The fourth-order valence-electron chi connectivity index (χ4n) is 4.04. The highest BCUT2D eigenvalue weighted by molar-refractivity contribution is 5.77. The van der Waals surface area contributed by atoms with Gasteiger partial charge in [0.25, 0.3) is 0 Å². The topological polar surface area (TPSA) is 67.4 Å². The second kappa shape index (κ2) is 7.29. The third kappa shape index (κ3) is 4.37. The number of nitrogens with one attached hydrogen (secondary N) is 2. The van der Waals surface area contributed by atoms with Gasteiger partial charge in [-0.3, -0.25) is 4.79 Å². The summed E-state index contributed by atoms with van der Waals surface area (Å²) in [5, 5.41) is 5.89. The van der Waals surface area contributed by atoms with E-state index in [0.29, 0.717) is 19.4 Å². The molecule has 0 aliphatic heterocycles. The molecule has 5 nitrogen and oxygen atoms in total. The molecule has 0 aromatic heterocycles. The van der Waals surface area contributed by atoms with Gasteiger partial charge in [-0.25, -0.2) is 4.79 Å². The van der Waals surface area contributed by atoms with Crippen LogP contribution in [0.3, 0.4) is 0 Å². The van der Waals surface area contributed by atoms with Crippen molar-refractivity contribution in [1.82, 2.24) is 10.6 Å². The zero-order chi connectivity index (χ0) is 18.8. The molecule has 5 heteroatoms. The van der Waals surface area contributed by atoms with E-state index in [1.807, 2.05) is 20.8 Å². The number of aryl methyl sites for hydroxylation is 1. The number of carbonyl (C=O) groups excluding carboxylic acids is 2. The molecular weight excluding hydrogens is 328 g/mol. The highest BCUT2D eigenvalue weighted by atomic mass is 16.6. The summed E-state index contributed by atoms with van der Waals surface area (Å²) in [6.07, 6.45) is 5.16. The summed E-state index contributed by atoms with van der Waals surface area (Å²) < 4.78 is 5.18. The van der Waals surface area contributed by atoms with Crippen molar-refractivity contribution in [2.45, 2.75) is 76.4 Å². The first-order chi connectivity index (χ1) is 12.3. The standard InChI is InChI=1S/C21H30N2O3/c1-20(2,3)26-19(25)22-13-7-11-18(24)23-17-14-21(17)12-6-9-15-8-4-5-10-16(15)21/h4-5,8,10,17H,6-7,9,11-14H2,1-3H3,(H,22,25)(H,23,24). The second-order valence-electron chi connectivity index (χ2n) is 8.52. The molecule has 2 aliphatic carbocycles. The van der Waals surface area contributed by atoms with Crippen molar-refractivity contribution in [3.63, 3.8) is 0 Å². The number of amides is 2. The predicted octanol–water partition coefficient (Wildman–Crippen LogP) is 3.45. The van der Waals surface area contributed by atoms with Crippen LogP contribution in [0.4, 0.5) is 4.79 Å². The Balaban J connectivity index is 1.40. The third-order valence-electron chi connectivity index (χ3n) is 5.28. The first-order valence-electron chi connectivity index (χ1n) is 9.65. The van der Waals surface area contributed by atoms with Crippen molar-refractivity contribution in [2.75, 3.05) is 6.54 Å². The molecular formula is C21H30N2O3. The Bertz CT molecular complexity index is 680. The van der Waals surface area contributed by atoms with Gasteiger partial charge in [-0.15, -0.1) is 0 Å². The average Bonchev–Trinajstić information content (AvgIpc) is 3.23. The number of ether oxygens (including phenoxy) is 1. The normalized spacial score (nSPS) is 23.9. The smallest absolute Gasteiger partial charge is 0.407 e. The average molecular weight is 358 g/mol. The molecule has 1 saturated carbocycles. The van der Waals surface area contributed by atoms with E-state index in [1.54, 1.807) is 0 Å². The molecule has 1 fully saturated rings. The summed E-state index contributed by atoms with van der Waals surface area (Å²) >= 11 is 0. The zero-order valence-electron chi connectivity index (χ0n) is 16.1. The Hall–Kier alpha value is -2.04. The molecule has 1 spiro atoms. The fraction of sp³-hybridized carbons (Fsp3) is 0.619. The molecule has 1 aromatic rings. The molecule has 1 aromatic carbocycles. The zero-order valence-corrected chi connectivity index (χ0v) is 16.1. The molecule has 2 N–H and O–H groups in total. The fourth-order valence-corrected chi connectivity index (χ4v) is 4.04. The summed E-state index contributed by atoms with van der Waals surface area (Å²) in [7, 11) is 0. The van der Waals surface area contributed by atoms with Crippen LogP contribution in [0.25, 0.3) is 0 Å². The summed E-state index contributed by atoms with van der Waals surface area (Å²) in [5.41, 5.74) is 2.54. The second-order valence-corrected chi connectivity index (χ2v) is 8.52. The minimum absolute atomic E-state index is 0.0703. The lowest BCUT2D eigenvalue weighted by Crippen LogP contribution is -2.35. The summed E-state index contributed by atoms with van der Waals surface area (Å²) in [6.45, 7) is 5.93. The Morgan fingerprint density at radius 3 is 2.81 bits per heavy atom. The minimum Gasteiger partial charge on any atom is -0.444 e. The van der Waals surface area contributed by atoms with Gasteiger partial charge in [-0.1, -0.05) is 24.3 Å². The maximum absolute atomic E-state index is 12.2. The van der Waals surface area contributed by atoms with Crippen molar-refractivity contribution >= 4 is 12.0 Å². The van der Waals surface area contributed by atoms with Crippen LogP contribution in [-0.2, 0) is 21.4 Å². The van der Waals surface area contributed by atoms with E-state index < -0.39 is 11.7 Å². The molecule has 0 saturated heterocycles. The lowest BCUT2D eigenvalue weighted by Gasteiger charge is -2.26. The maximum atomic E-state index is 12.2. The van der Waals surface area contributed by atoms with E-state index in [4.69, 9.17) is 4.74 Å². The highest BCUT2D eigenvalue weighted by Gasteiger charge is 2.57. The van der Waals surface area contributed by atoms with E-state index >= 15 is 0 Å². The van der Waals surface area contributed by atoms with Crippen LogP contribution in [0.2, 0.25) is 0 Å². The predicted molar refractivity (Wildman–Crippen MR) is 101 cm³/mol. The Kier molecular flexibility index (Phi) is 5.26. The number of carbonyl (C=O) groups is 2. The molecule has 0 bridgehead atoms. The van der Waals surface area contributed by atoms with Gasteiger partial charge in [0.1, 0.15) is 5.60 Å². The number of fused-ring (bicyclic) bond motifs is 2. The first kappa shape index (κ1) is 18.7. The van der Waals surface area contributed by atoms with E-state index in [9.17, 15) is 9.59 Å². The van der Waals surface area contributed by atoms with E-state index in [-0.39, 0.29) is 17.4 Å². The molecule has 142 valence electrons. The van der Waals surface area contributed by atoms with Gasteiger partial charge in [0.2, 0.25) is 5.91 Å². The van der Waals surface area contributed by atoms with Crippen molar-refractivity contribution in [3.8, 4) is 0 Å². The Morgan fingerprint density at radius 2 is 2.04 bits per heavy atom. The number of benzene rings is 1. The molecule has 2 unspecified atom stereocenters. The molecule has 2 aliphatic rings. The Morgan fingerprint density at radius 1 is 1.27 bits per heavy atom. The van der Waals surface area contributed by atoms with Crippen LogP contribution in [0.5, 0.6) is 0 Å². The van der Waals surface area contributed by atoms with Crippen LogP contribution >= 0.6 is 0 Å². The Labute approximate surface area is 155 Å². The van der Waals surface area contributed by atoms with Crippen molar-refractivity contribution in [2.24, 2.45) is 0 Å². The minimum atomic E-state index is -0.502. The van der Waals surface area contributed by atoms with Gasteiger partial charge in [0, 0.05) is 24.4 Å². The van der Waals surface area contributed by atoms with Crippen LogP contribution in [0, 0.1) is 0 Å². The van der Waals surface area contributed by atoms with Crippen LogP contribution in [-0.4, -0.2) is 30.2 Å². The van der Waals surface area contributed by atoms with Gasteiger partial charge in [0.05, 0.1) is 0 Å². The first-order valence-corrected chi connectivity index (χ1v) is 9.65. The summed E-state index contributed by atoms with van der Waals surface area (Å²) in [5.74, 6) is 0.0703. The number of rotatable bonds is 5. The van der Waals surface area contributed by atoms with Crippen molar-refractivity contribution < 1.29 is 14.3 Å². The van der Waals surface area contributed by atoms with Crippen LogP contribution < -0.4 is 10.6 Å². The largest absolute Gasteiger partial charge is 0.444 e. The molecule has 0 heterocycles. The van der Waals surface area contributed by atoms with Gasteiger partial charge in [-0.2, -0.15) is 0 Å². The molecule has 2 atom stereocenters. The van der Waals surface area contributed by atoms with E-state index in [0.717, 1.165) is 19.3 Å². The summed E-state index contributed by atoms with van der Waals surface area (Å²) in [6, 6.07) is 8.91. The number of hydrogen-bond donors (Lipinski definition) is 2. The third-order valence-corrected chi connectivity index (χ3v) is 5.28. The molecule has 3 rings (SSSR count). The SMILES string of the molecule is CC(C)(C)OC(=O)NCCCC(=O)NC1CC12CCCc1ccccc12.